The van der Waals surface area contributed by atoms with Crippen LogP contribution >= 0.6 is 0 Å². The van der Waals surface area contributed by atoms with E-state index in [4.69, 9.17) is 5.73 Å². The highest BCUT2D eigenvalue weighted by Crippen LogP contribution is 2.22. The van der Waals surface area contributed by atoms with Crippen LogP contribution in [0.4, 0.5) is 5.69 Å². The molecule has 0 saturated carbocycles. The van der Waals surface area contributed by atoms with Gasteiger partial charge in [0.2, 0.25) is 0 Å². The van der Waals surface area contributed by atoms with Gasteiger partial charge in [0, 0.05) is 23.8 Å². The van der Waals surface area contributed by atoms with Gasteiger partial charge >= 0.3 is 0 Å². The highest BCUT2D eigenvalue weighted by molar-refractivity contribution is 5.52. The van der Waals surface area contributed by atoms with Gasteiger partial charge in [-0.3, -0.25) is 0 Å². The van der Waals surface area contributed by atoms with Crippen LogP contribution in [-0.2, 0) is 0 Å². The van der Waals surface area contributed by atoms with Gasteiger partial charge in [0.05, 0.1) is 6.10 Å². The van der Waals surface area contributed by atoms with Crippen molar-refractivity contribution in [3.8, 4) is 0 Å². The molecule has 78 valence electrons. The summed E-state index contributed by atoms with van der Waals surface area (Å²) in [7, 11) is 0. The molecule has 3 nitrogen and oxygen atoms in total. The van der Waals surface area contributed by atoms with Crippen molar-refractivity contribution in [2.45, 2.75) is 26.0 Å². The molecular formula is C11H18N2O. The molecule has 2 unspecified atom stereocenters. The van der Waals surface area contributed by atoms with E-state index < -0.39 is 6.10 Å². The second-order valence-electron chi connectivity index (χ2n) is 3.54. The summed E-state index contributed by atoms with van der Waals surface area (Å²) in [4.78, 5) is 0. The molecule has 0 fully saturated rings. The maximum Gasteiger partial charge on any atom is 0.0781 e. The van der Waals surface area contributed by atoms with E-state index in [1.54, 1.807) is 6.92 Å². The van der Waals surface area contributed by atoms with Crippen LogP contribution in [0.15, 0.2) is 24.3 Å². The molecule has 0 radical (unpaired) electrons. The lowest BCUT2D eigenvalue weighted by atomic mass is 10.1. The number of nitrogens with two attached hydrogens (primary N) is 1. The number of aliphatic hydroxyl groups is 1. The average Bonchev–Trinajstić information content (AvgIpc) is 2.18. The summed E-state index contributed by atoms with van der Waals surface area (Å²) in [6.07, 6.45) is -0.455. The number of aliphatic hydroxyl groups excluding tert-OH is 1. The Labute approximate surface area is 84.9 Å². The lowest BCUT2D eigenvalue weighted by Gasteiger charge is -2.17. The average molecular weight is 194 g/mol. The van der Waals surface area contributed by atoms with Crippen LogP contribution in [0, 0.1) is 0 Å². The van der Waals surface area contributed by atoms with Crippen molar-refractivity contribution in [3.05, 3.63) is 29.8 Å². The number of benzene rings is 1. The van der Waals surface area contributed by atoms with Crippen LogP contribution in [0.1, 0.15) is 25.5 Å². The predicted octanol–water partition coefficient (Wildman–Crippen LogP) is 1.50. The normalized spacial score (nSPS) is 14.9. The summed E-state index contributed by atoms with van der Waals surface area (Å²) in [6, 6.07) is 7.94. The van der Waals surface area contributed by atoms with E-state index in [9.17, 15) is 5.11 Å². The Morgan fingerprint density at radius 3 is 2.57 bits per heavy atom. The first-order valence-electron chi connectivity index (χ1n) is 4.88. The van der Waals surface area contributed by atoms with E-state index in [2.05, 4.69) is 5.32 Å². The first-order valence-corrected chi connectivity index (χ1v) is 4.88. The Morgan fingerprint density at radius 2 is 2.00 bits per heavy atom. The molecule has 1 aromatic rings. The van der Waals surface area contributed by atoms with E-state index in [0.717, 1.165) is 11.3 Å². The van der Waals surface area contributed by atoms with Crippen LogP contribution in [0.5, 0.6) is 0 Å². The van der Waals surface area contributed by atoms with Gasteiger partial charge in [-0.15, -0.1) is 0 Å². The van der Waals surface area contributed by atoms with Gasteiger partial charge in [0.25, 0.3) is 0 Å². The van der Waals surface area contributed by atoms with Gasteiger partial charge in [0.1, 0.15) is 0 Å². The number of rotatable bonds is 4. The van der Waals surface area contributed by atoms with Crippen LogP contribution in [0.25, 0.3) is 0 Å². The predicted molar refractivity (Wildman–Crippen MR) is 59.2 cm³/mol. The SMILES string of the molecule is CC(CN)Nc1ccccc1C(C)O. The summed E-state index contributed by atoms with van der Waals surface area (Å²) in [5.74, 6) is 0. The van der Waals surface area contributed by atoms with Crippen LogP contribution in [0.2, 0.25) is 0 Å². The van der Waals surface area contributed by atoms with E-state index in [1.807, 2.05) is 31.2 Å². The molecule has 3 heteroatoms. The maximum absolute atomic E-state index is 9.52. The zero-order valence-corrected chi connectivity index (χ0v) is 8.70. The minimum absolute atomic E-state index is 0.217. The van der Waals surface area contributed by atoms with Crippen molar-refractivity contribution in [3.63, 3.8) is 0 Å². The molecular weight excluding hydrogens is 176 g/mol. The molecule has 2 atom stereocenters. The molecule has 0 bridgehead atoms. The summed E-state index contributed by atoms with van der Waals surface area (Å²) < 4.78 is 0. The molecule has 1 rings (SSSR count). The third kappa shape index (κ3) is 2.72. The summed E-state index contributed by atoms with van der Waals surface area (Å²) in [6.45, 7) is 4.35. The third-order valence-corrected chi connectivity index (χ3v) is 2.17. The summed E-state index contributed by atoms with van der Waals surface area (Å²) >= 11 is 0. The van der Waals surface area contributed by atoms with E-state index in [-0.39, 0.29) is 6.04 Å². The van der Waals surface area contributed by atoms with Crippen molar-refractivity contribution in [2.24, 2.45) is 5.73 Å². The highest BCUT2D eigenvalue weighted by Gasteiger charge is 2.08. The largest absolute Gasteiger partial charge is 0.389 e. The molecule has 0 aliphatic carbocycles. The molecule has 1 aromatic carbocycles. The maximum atomic E-state index is 9.52. The summed E-state index contributed by atoms with van der Waals surface area (Å²) in [5.41, 5.74) is 7.39. The molecule has 0 aromatic heterocycles. The quantitative estimate of drug-likeness (QED) is 0.680. The van der Waals surface area contributed by atoms with Crippen LogP contribution in [0.3, 0.4) is 0 Å². The van der Waals surface area contributed by atoms with Crippen molar-refractivity contribution in [2.75, 3.05) is 11.9 Å². The molecule has 14 heavy (non-hydrogen) atoms. The van der Waals surface area contributed by atoms with Crippen molar-refractivity contribution in [1.29, 1.82) is 0 Å². The molecule has 0 heterocycles. The van der Waals surface area contributed by atoms with Crippen LogP contribution < -0.4 is 11.1 Å². The Bertz CT molecular complexity index is 286. The zero-order chi connectivity index (χ0) is 10.6. The highest BCUT2D eigenvalue weighted by atomic mass is 16.3. The molecule has 0 spiro atoms. The molecule has 0 aliphatic heterocycles. The van der Waals surface area contributed by atoms with E-state index in [1.165, 1.54) is 0 Å². The topological polar surface area (TPSA) is 58.3 Å². The monoisotopic (exact) mass is 194 g/mol. The molecule has 0 amide bonds. The lowest BCUT2D eigenvalue weighted by Crippen LogP contribution is -2.25. The number of hydrogen-bond donors (Lipinski definition) is 3. The Morgan fingerprint density at radius 1 is 1.36 bits per heavy atom. The van der Waals surface area contributed by atoms with Gasteiger partial charge < -0.3 is 16.2 Å². The molecule has 4 N–H and O–H groups in total. The first kappa shape index (κ1) is 11.0. The van der Waals surface area contributed by atoms with Gasteiger partial charge in [-0.25, -0.2) is 0 Å². The number of anilines is 1. The Balaban J connectivity index is 2.84. The van der Waals surface area contributed by atoms with Gasteiger partial charge in [0.15, 0.2) is 0 Å². The second kappa shape index (κ2) is 4.98. The van der Waals surface area contributed by atoms with Crippen molar-refractivity contribution < 1.29 is 5.11 Å². The second-order valence-corrected chi connectivity index (χ2v) is 3.54. The van der Waals surface area contributed by atoms with Gasteiger partial charge in [-0.05, 0) is 19.9 Å². The first-order chi connectivity index (χ1) is 6.65. The third-order valence-electron chi connectivity index (χ3n) is 2.17. The Kier molecular flexibility index (Phi) is 3.92. The number of para-hydroxylation sites is 1. The fraction of sp³-hybridized carbons (Fsp3) is 0.455. The number of hydrogen-bond acceptors (Lipinski definition) is 3. The van der Waals surface area contributed by atoms with E-state index in [0.29, 0.717) is 6.54 Å². The standard InChI is InChI=1S/C11H18N2O/c1-8(7-12)13-11-6-4-3-5-10(11)9(2)14/h3-6,8-9,13-14H,7,12H2,1-2H3. The molecule has 0 aliphatic rings. The zero-order valence-electron chi connectivity index (χ0n) is 8.70. The van der Waals surface area contributed by atoms with Gasteiger partial charge in [-0.1, -0.05) is 18.2 Å². The Hall–Kier alpha value is -1.06. The summed E-state index contributed by atoms with van der Waals surface area (Å²) in [5, 5.41) is 12.8. The lowest BCUT2D eigenvalue weighted by molar-refractivity contribution is 0.200. The van der Waals surface area contributed by atoms with E-state index >= 15 is 0 Å². The number of nitrogens with one attached hydrogen (secondary N) is 1. The fourth-order valence-corrected chi connectivity index (χ4v) is 1.32. The van der Waals surface area contributed by atoms with Crippen molar-refractivity contribution >= 4 is 5.69 Å². The minimum Gasteiger partial charge on any atom is -0.389 e. The smallest absolute Gasteiger partial charge is 0.0781 e. The van der Waals surface area contributed by atoms with Gasteiger partial charge in [-0.2, -0.15) is 0 Å². The van der Waals surface area contributed by atoms with Crippen LogP contribution in [-0.4, -0.2) is 17.7 Å². The fourth-order valence-electron chi connectivity index (χ4n) is 1.32. The molecule has 0 saturated heterocycles. The van der Waals surface area contributed by atoms with Crippen molar-refractivity contribution in [1.82, 2.24) is 0 Å². The minimum atomic E-state index is -0.455.